The van der Waals surface area contributed by atoms with Crippen LogP contribution in [-0.2, 0) is 10.0 Å². The average molecular weight is 387 g/mol. The second kappa shape index (κ2) is 7.13. The Morgan fingerprint density at radius 3 is 2.33 bits per heavy atom. The lowest BCUT2D eigenvalue weighted by atomic mass is 10.1. The molecule has 1 aliphatic rings. The summed E-state index contributed by atoms with van der Waals surface area (Å²) in [5.41, 5.74) is 0. The first-order chi connectivity index (χ1) is 11.5. The molecule has 0 radical (unpaired) electrons. The highest BCUT2D eigenvalue weighted by molar-refractivity contribution is 7.92. The zero-order valence-electron chi connectivity index (χ0n) is 12.7. The van der Waals surface area contributed by atoms with Crippen LogP contribution in [0.5, 0.6) is 0 Å². The summed E-state index contributed by atoms with van der Waals surface area (Å²) in [6, 6.07) is 7.48. The standard InChI is InChI=1S/C15H16Cl2N4O2S/c16-12-5-4-11(10-13(12)17)24(22,23)20-14-6-7-15(19-18-14)21-8-2-1-3-9-21/h4-7,10H,1-3,8-9H2,(H,18,20). The van der Waals surface area contributed by atoms with Crippen LogP contribution in [0.15, 0.2) is 35.2 Å². The van der Waals surface area contributed by atoms with Crippen molar-refractivity contribution in [2.24, 2.45) is 0 Å². The molecule has 2 aromatic rings. The lowest BCUT2D eigenvalue weighted by Gasteiger charge is -2.27. The maximum Gasteiger partial charge on any atom is 0.263 e. The van der Waals surface area contributed by atoms with Gasteiger partial charge < -0.3 is 4.90 Å². The number of hydrogen-bond acceptors (Lipinski definition) is 5. The fourth-order valence-electron chi connectivity index (χ4n) is 2.51. The maximum absolute atomic E-state index is 12.4. The van der Waals surface area contributed by atoms with Crippen molar-refractivity contribution in [1.82, 2.24) is 10.2 Å². The van der Waals surface area contributed by atoms with Crippen LogP contribution >= 0.6 is 23.2 Å². The highest BCUT2D eigenvalue weighted by Crippen LogP contribution is 2.26. The predicted molar refractivity (Wildman–Crippen MR) is 95.4 cm³/mol. The molecule has 128 valence electrons. The molecule has 1 saturated heterocycles. The molecule has 0 spiro atoms. The Hall–Kier alpha value is -1.57. The van der Waals surface area contributed by atoms with Crippen LogP contribution in [0.3, 0.4) is 0 Å². The van der Waals surface area contributed by atoms with Gasteiger partial charge in [-0.25, -0.2) is 8.42 Å². The molecule has 1 aliphatic heterocycles. The number of piperidine rings is 1. The van der Waals surface area contributed by atoms with E-state index in [9.17, 15) is 8.42 Å². The summed E-state index contributed by atoms with van der Waals surface area (Å²) < 4.78 is 27.1. The van der Waals surface area contributed by atoms with Crippen molar-refractivity contribution in [3.05, 3.63) is 40.4 Å². The third-order valence-electron chi connectivity index (χ3n) is 3.77. The third kappa shape index (κ3) is 3.91. The van der Waals surface area contributed by atoms with E-state index in [0.717, 1.165) is 31.7 Å². The van der Waals surface area contributed by atoms with E-state index in [1.165, 1.54) is 24.6 Å². The van der Waals surface area contributed by atoms with Gasteiger partial charge in [0, 0.05) is 13.1 Å². The first kappa shape index (κ1) is 17.3. The van der Waals surface area contributed by atoms with Gasteiger partial charge in [-0.05, 0) is 49.6 Å². The second-order valence-corrected chi connectivity index (χ2v) is 8.00. The van der Waals surface area contributed by atoms with Gasteiger partial charge in [0.25, 0.3) is 10.0 Å². The van der Waals surface area contributed by atoms with Gasteiger partial charge in [0.15, 0.2) is 11.6 Å². The van der Waals surface area contributed by atoms with Crippen molar-refractivity contribution in [2.45, 2.75) is 24.2 Å². The molecular formula is C15H16Cl2N4O2S. The van der Waals surface area contributed by atoms with Crippen molar-refractivity contribution in [3.8, 4) is 0 Å². The summed E-state index contributed by atoms with van der Waals surface area (Å²) in [5.74, 6) is 0.911. The number of benzene rings is 1. The minimum Gasteiger partial charge on any atom is -0.355 e. The topological polar surface area (TPSA) is 75.2 Å². The number of rotatable bonds is 4. The Bertz CT molecular complexity index is 822. The highest BCUT2D eigenvalue weighted by atomic mass is 35.5. The minimum absolute atomic E-state index is 0.0128. The molecule has 6 nitrogen and oxygen atoms in total. The number of anilines is 2. The molecule has 9 heteroatoms. The van der Waals surface area contributed by atoms with Crippen LogP contribution in [0.25, 0.3) is 0 Å². The van der Waals surface area contributed by atoms with Gasteiger partial charge in [-0.15, -0.1) is 10.2 Å². The van der Waals surface area contributed by atoms with E-state index in [1.54, 1.807) is 12.1 Å². The third-order valence-corrected chi connectivity index (χ3v) is 5.86. The largest absolute Gasteiger partial charge is 0.355 e. The molecular weight excluding hydrogens is 371 g/mol. The molecule has 24 heavy (non-hydrogen) atoms. The highest BCUT2D eigenvalue weighted by Gasteiger charge is 2.17. The zero-order chi connectivity index (χ0) is 17.2. The van der Waals surface area contributed by atoms with Crippen LogP contribution in [0.2, 0.25) is 10.0 Å². The molecule has 0 atom stereocenters. The normalized spacial score (nSPS) is 15.3. The molecule has 1 N–H and O–H groups in total. The predicted octanol–water partition coefficient (Wildman–Crippen LogP) is 3.57. The molecule has 0 saturated carbocycles. The number of nitrogens with zero attached hydrogens (tertiary/aromatic N) is 3. The number of halogens is 2. The molecule has 2 heterocycles. The van der Waals surface area contributed by atoms with Gasteiger partial charge in [-0.2, -0.15) is 0 Å². The minimum atomic E-state index is -3.80. The van der Waals surface area contributed by atoms with E-state index in [4.69, 9.17) is 23.2 Å². The molecule has 1 aromatic carbocycles. The van der Waals surface area contributed by atoms with Crippen molar-refractivity contribution >= 4 is 44.9 Å². The summed E-state index contributed by atoms with van der Waals surface area (Å²) in [6.45, 7) is 1.89. The fourth-order valence-corrected chi connectivity index (χ4v) is 3.90. The first-order valence-corrected chi connectivity index (χ1v) is 9.76. The number of hydrogen-bond donors (Lipinski definition) is 1. The molecule has 1 fully saturated rings. The molecule has 0 bridgehead atoms. The summed E-state index contributed by atoms with van der Waals surface area (Å²) in [4.78, 5) is 2.16. The Labute approximate surface area is 150 Å². The van der Waals surface area contributed by atoms with Crippen molar-refractivity contribution < 1.29 is 8.42 Å². The number of nitrogens with one attached hydrogen (secondary N) is 1. The summed E-state index contributed by atoms with van der Waals surface area (Å²) >= 11 is 11.7. The quantitative estimate of drug-likeness (QED) is 0.868. The second-order valence-electron chi connectivity index (χ2n) is 5.51. The monoisotopic (exact) mass is 386 g/mol. The van der Waals surface area contributed by atoms with Crippen LogP contribution in [-0.4, -0.2) is 31.7 Å². The molecule has 0 amide bonds. The van der Waals surface area contributed by atoms with Gasteiger partial charge in [0.05, 0.1) is 14.9 Å². The Balaban J connectivity index is 1.76. The van der Waals surface area contributed by atoms with Crippen LogP contribution in [0, 0.1) is 0 Å². The zero-order valence-corrected chi connectivity index (χ0v) is 15.1. The van der Waals surface area contributed by atoms with Crippen molar-refractivity contribution in [1.29, 1.82) is 0 Å². The lowest BCUT2D eigenvalue weighted by Crippen LogP contribution is -2.30. The summed E-state index contributed by atoms with van der Waals surface area (Å²) in [5, 5.41) is 8.54. The van der Waals surface area contributed by atoms with Gasteiger partial charge in [-0.1, -0.05) is 23.2 Å². The van der Waals surface area contributed by atoms with Crippen LogP contribution < -0.4 is 9.62 Å². The summed E-state index contributed by atoms with van der Waals surface area (Å²) in [6.07, 6.45) is 3.49. The number of aromatic nitrogens is 2. The maximum atomic E-state index is 12.4. The van der Waals surface area contributed by atoms with Crippen molar-refractivity contribution in [3.63, 3.8) is 0 Å². The lowest BCUT2D eigenvalue weighted by molar-refractivity contribution is 0.571. The van der Waals surface area contributed by atoms with Gasteiger partial charge >= 0.3 is 0 Å². The van der Waals surface area contributed by atoms with Gasteiger partial charge in [-0.3, -0.25) is 4.72 Å². The Kier molecular flexibility index (Phi) is 5.12. The SMILES string of the molecule is O=S(=O)(Nc1ccc(N2CCCCC2)nn1)c1ccc(Cl)c(Cl)c1. The van der Waals surface area contributed by atoms with Crippen LogP contribution in [0.4, 0.5) is 11.6 Å². The molecule has 3 rings (SSSR count). The molecule has 0 unspecified atom stereocenters. The van der Waals surface area contributed by atoms with Gasteiger partial charge in [0.1, 0.15) is 0 Å². The van der Waals surface area contributed by atoms with Gasteiger partial charge in [0.2, 0.25) is 0 Å². The van der Waals surface area contributed by atoms with E-state index in [1.807, 2.05) is 0 Å². The molecule has 1 aromatic heterocycles. The van der Waals surface area contributed by atoms with E-state index in [2.05, 4.69) is 19.8 Å². The fraction of sp³-hybridized carbons (Fsp3) is 0.333. The smallest absolute Gasteiger partial charge is 0.263 e. The molecule has 0 aliphatic carbocycles. The first-order valence-electron chi connectivity index (χ1n) is 7.52. The van der Waals surface area contributed by atoms with E-state index in [-0.39, 0.29) is 15.7 Å². The number of sulfonamides is 1. The van der Waals surface area contributed by atoms with Crippen LogP contribution in [0.1, 0.15) is 19.3 Å². The van der Waals surface area contributed by atoms with E-state index >= 15 is 0 Å². The summed E-state index contributed by atoms with van der Waals surface area (Å²) in [7, 11) is -3.80. The Morgan fingerprint density at radius 2 is 1.71 bits per heavy atom. The van der Waals surface area contributed by atoms with Crippen molar-refractivity contribution in [2.75, 3.05) is 22.7 Å². The Morgan fingerprint density at radius 1 is 0.958 bits per heavy atom. The van der Waals surface area contributed by atoms with E-state index < -0.39 is 10.0 Å². The van der Waals surface area contributed by atoms with E-state index in [0.29, 0.717) is 5.02 Å². The average Bonchev–Trinajstić information content (AvgIpc) is 2.58.